The van der Waals surface area contributed by atoms with Gasteiger partial charge >= 0.3 is 0 Å². The second kappa shape index (κ2) is 6.95. The van der Waals surface area contributed by atoms with Gasteiger partial charge in [-0.1, -0.05) is 24.3 Å². The van der Waals surface area contributed by atoms with Crippen molar-refractivity contribution in [2.75, 3.05) is 14.1 Å². The maximum Gasteiger partial charge on any atom is 0.243 e. The number of likely N-dealkylation sites (N-methyl/N-ethyl adjacent to an activating group) is 1. The van der Waals surface area contributed by atoms with E-state index in [9.17, 15) is 4.79 Å². The van der Waals surface area contributed by atoms with Crippen molar-refractivity contribution in [3.8, 4) is 22.5 Å². The molecule has 7 heteroatoms. The average Bonchev–Trinajstić information content (AvgIpc) is 3.16. The van der Waals surface area contributed by atoms with Gasteiger partial charge in [0.25, 0.3) is 0 Å². The smallest absolute Gasteiger partial charge is 0.243 e. The quantitative estimate of drug-likeness (QED) is 0.560. The Morgan fingerprint density at radius 3 is 2.56 bits per heavy atom. The summed E-state index contributed by atoms with van der Waals surface area (Å²) in [7, 11) is 3.44. The van der Waals surface area contributed by atoms with Crippen LogP contribution in [0.2, 0.25) is 0 Å². The molecule has 0 saturated heterocycles. The molecular weight excluding hydrogens is 340 g/mol. The maximum atomic E-state index is 11.8. The number of hydrogen-bond donors (Lipinski definition) is 0. The van der Waals surface area contributed by atoms with Crippen molar-refractivity contribution in [2.45, 2.75) is 6.54 Å². The Balaban J connectivity index is 1.61. The summed E-state index contributed by atoms with van der Waals surface area (Å²) in [5, 5.41) is 6.40. The van der Waals surface area contributed by atoms with Gasteiger partial charge in [-0.25, -0.2) is 9.97 Å². The van der Waals surface area contributed by atoms with Crippen LogP contribution in [0.15, 0.2) is 61.4 Å². The number of hydrogen-bond acceptors (Lipinski definition) is 5. The van der Waals surface area contributed by atoms with Crippen LogP contribution in [0.25, 0.3) is 33.3 Å². The molecule has 27 heavy (non-hydrogen) atoms. The van der Waals surface area contributed by atoms with Crippen molar-refractivity contribution in [3.63, 3.8) is 0 Å². The Hall–Kier alpha value is -3.61. The molecule has 0 radical (unpaired) electrons. The predicted molar refractivity (Wildman–Crippen MR) is 103 cm³/mol. The van der Waals surface area contributed by atoms with Crippen molar-refractivity contribution < 1.29 is 4.79 Å². The van der Waals surface area contributed by atoms with Crippen LogP contribution in [0, 0.1) is 0 Å². The summed E-state index contributed by atoms with van der Waals surface area (Å²) < 4.78 is 1.59. The van der Waals surface area contributed by atoms with Crippen LogP contribution in [-0.4, -0.2) is 49.6 Å². The van der Waals surface area contributed by atoms with Crippen molar-refractivity contribution in [3.05, 3.63) is 61.4 Å². The molecule has 0 spiro atoms. The SMILES string of the molecule is CN(C)C(=O)Cn1cc(-c2ncc(-c3cncc4ccccc34)cn2)cn1. The number of rotatable bonds is 4. The molecule has 0 aliphatic rings. The monoisotopic (exact) mass is 358 g/mol. The summed E-state index contributed by atoms with van der Waals surface area (Å²) in [6.07, 6.45) is 10.7. The zero-order valence-electron chi connectivity index (χ0n) is 15.1. The zero-order valence-corrected chi connectivity index (χ0v) is 15.1. The molecule has 1 aromatic carbocycles. The number of nitrogens with zero attached hydrogens (tertiary/aromatic N) is 6. The summed E-state index contributed by atoms with van der Waals surface area (Å²) >= 11 is 0. The first kappa shape index (κ1) is 16.8. The lowest BCUT2D eigenvalue weighted by Crippen LogP contribution is -2.26. The highest BCUT2D eigenvalue weighted by atomic mass is 16.2. The Bertz CT molecular complexity index is 1100. The lowest BCUT2D eigenvalue weighted by molar-refractivity contribution is -0.129. The first-order valence-corrected chi connectivity index (χ1v) is 8.50. The van der Waals surface area contributed by atoms with E-state index >= 15 is 0 Å². The lowest BCUT2D eigenvalue weighted by atomic mass is 10.0. The summed E-state index contributed by atoms with van der Waals surface area (Å²) in [5.41, 5.74) is 2.66. The number of amides is 1. The van der Waals surface area contributed by atoms with Gasteiger partial charge < -0.3 is 4.90 Å². The Labute approximate surface area is 156 Å². The second-order valence-electron chi connectivity index (χ2n) is 6.42. The number of pyridine rings is 1. The van der Waals surface area contributed by atoms with E-state index in [2.05, 4.69) is 26.1 Å². The third kappa shape index (κ3) is 3.39. The minimum Gasteiger partial charge on any atom is -0.347 e. The molecule has 0 bridgehead atoms. The Morgan fingerprint density at radius 2 is 1.78 bits per heavy atom. The predicted octanol–water partition coefficient (Wildman–Crippen LogP) is 2.64. The first-order chi connectivity index (χ1) is 13.1. The average molecular weight is 358 g/mol. The van der Waals surface area contributed by atoms with Crippen LogP contribution in [0.3, 0.4) is 0 Å². The molecule has 3 heterocycles. The lowest BCUT2D eigenvalue weighted by Gasteiger charge is -2.09. The van der Waals surface area contributed by atoms with Crippen molar-refractivity contribution in [1.29, 1.82) is 0 Å². The maximum absolute atomic E-state index is 11.8. The van der Waals surface area contributed by atoms with E-state index in [0.29, 0.717) is 5.82 Å². The molecule has 0 N–H and O–H groups in total. The molecule has 134 valence electrons. The van der Waals surface area contributed by atoms with E-state index in [1.165, 1.54) is 4.90 Å². The third-order valence-corrected chi connectivity index (χ3v) is 4.32. The van der Waals surface area contributed by atoms with Crippen LogP contribution >= 0.6 is 0 Å². The fourth-order valence-electron chi connectivity index (χ4n) is 2.81. The molecule has 0 aliphatic carbocycles. The summed E-state index contributed by atoms with van der Waals surface area (Å²) in [6, 6.07) is 8.09. The number of carbonyl (C=O) groups excluding carboxylic acids is 1. The van der Waals surface area contributed by atoms with Gasteiger partial charge in [0.15, 0.2) is 5.82 Å². The summed E-state index contributed by atoms with van der Waals surface area (Å²) in [5.74, 6) is 0.542. The highest BCUT2D eigenvalue weighted by molar-refractivity contribution is 5.95. The molecule has 7 nitrogen and oxygen atoms in total. The highest BCUT2D eigenvalue weighted by Crippen LogP contribution is 2.27. The minimum absolute atomic E-state index is 0.0237. The van der Waals surface area contributed by atoms with E-state index in [1.807, 2.05) is 30.6 Å². The zero-order chi connectivity index (χ0) is 18.8. The molecule has 0 fully saturated rings. The van der Waals surface area contributed by atoms with E-state index < -0.39 is 0 Å². The molecular formula is C20H18N6O. The van der Waals surface area contributed by atoms with Gasteiger partial charge in [-0.3, -0.25) is 14.5 Å². The van der Waals surface area contributed by atoms with E-state index in [0.717, 1.165) is 27.5 Å². The second-order valence-corrected chi connectivity index (χ2v) is 6.42. The van der Waals surface area contributed by atoms with Gasteiger partial charge in [0.05, 0.1) is 11.8 Å². The van der Waals surface area contributed by atoms with E-state index in [-0.39, 0.29) is 12.5 Å². The van der Waals surface area contributed by atoms with Gasteiger partial charge in [0.2, 0.25) is 5.91 Å². The van der Waals surface area contributed by atoms with Crippen LogP contribution in [0.5, 0.6) is 0 Å². The van der Waals surface area contributed by atoms with Crippen LogP contribution in [0.4, 0.5) is 0 Å². The van der Waals surface area contributed by atoms with Gasteiger partial charge in [0, 0.05) is 61.6 Å². The molecule has 4 aromatic rings. The first-order valence-electron chi connectivity index (χ1n) is 8.50. The highest BCUT2D eigenvalue weighted by Gasteiger charge is 2.10. The largest absolute Gasteiger partial charge is 0.347 e. The number of aromatic nitrogens is 5. The van der Waals surface area contributed by atoms with Gasteiger partial charge in [-0.15, -0.1) is 0 Å². The van der Waals surface area contributed by atoms with Gasteiger partial charge in [0.1, 0.15) is 6.54 Å². The summed E-state index contributed by atoms with van der Waals surface area (Å²) in [4.78, 5) is 26.6. The normalized spacial score (nSPS) is 10.9. The topological polar surface area (TPSA) is 76.8 Å². The molecule has 0 unspecified atom stereocenters. The molecule has 0 atom stereocenters. The number of benzene rings is 1. The molecule has 1 amide bonds. The fraction of sp³-hybridized carbons (Fsp3) is 0.150. The molecule has 0 aliphatic heterocycles. The van der Waals surface area contributed by atoms with Gasteiger partial charge in [-0.05, 0) is 5.39 Å². The van der Waals surface area contributed by atoms with Crippen molar-refractivity contribution >= 4 is 16.7 Å². The third-order valence-electron chi connectivity index (χ3n) is 4.32. The number of fused-ring (bicyclic) bond motifs is 1. The molecule has 3 aromatic heterocycles. The molecule has 0 saturated carbocycles. The molecule has 4 rings (SSSR count). The van der Waals surface area contributed by atoms with E-state index in [1.54, 1.807) is 43.6 Å². The van der Waals surface area contributed by atoms with Crippen LogP contribution < -0.4 is 0 Å². The van der Waals surface area contributed by atoms with Crippen LogP contribution in [0.1, 0.15) is 0 Å². The number of carbonyl (C=O) groups is 1. The Morgan fingerprint density at radius 1 is 1.00 bits per heavy atom. The fourth-order valence-corrected chi connectivity index (χ4v) is 2.81. The van der Waals surface area contributed by atoms with Crippen LogP contribution in [-0.2, 0) is 11.3 Å². The van der Waals surface area contributed by atoms with Crippen molar-refractivity contribution in [1.82, 2.24) is 29.6 Å². The van der Waals surface area contributed by atoms with Gasteiger partial charge in [-0.2, -0.15) is 5.10 Å². The summed E-state index contributed by atoms with van der Waals surface area (Å²) in [6.45, 7) is 0.187. The van der Waals surface area contributed by atoms with Crippen molar-refractivity contribution in [2.24, 2.45) is 0 Å². The van der Waals surface area contributed by atoms with E-state index in [4.69, 9.17) is 0 Å². The standard InChI is InChI=1S/C20H18N6O/c1-25(2)19(27)13-26-12-16(10-24-26)20-22-8-15(9-23-20)18-11-21-7-14-5-3-4-6-17(14)18/h3-12H,13H2,1-2H3. The Kier molecular flexibility index (Phi) is 4.33. The minimum atomic E-state index is -0.0237.